The Hall–Kier alpha value is -3.95. The van der Waals surface area contributed by atoms with Crippen LogP contribution in [0.1, 0.15) is 49.4 Å². The molecule has 224 valence electrons. The van der Waals surface area contributed by atoms with Crippen molar-refractivity contribution in [1.29, 1.82) is 0 Å². The van der Waals surface area contributed by atoms with Crippen molar-refractivity contribution >= 4 is 14.9 Å². The van der Waals surface area contributed by atoms with Crippen molar-refractivity contribution < 1.29 is 27.9 Å². The predicted molar refractivity (Wildman–Crippen MR) is 169 cm³/mol. The zero-order valence-electron chi connectivity index (χ0n) is 25.0. The molecule has 0 aromatic heterocycles. The molecule has 0 fully saturated rings. The first-order valence-corrected chi connectivity index (χ1v) is 16.9. The molecule has 43 heavy (non-hydrogen) atoms. The van der Waals surface area contributed by atoms with E-state index < -0.39 is 20.3 Å². The Bertz CT molecular complexity index is 1460. The van der Waals surface area contributed by atoms with Crippen LogP contribution >= 0.6 is 0 Å². The molecule has 0 spiro atoms. The zero-order chi connectivity index (χ0) is 30.3. The Morgan fingerprint density at radius 2 is 1.21 bits per heavy atom. The molecular formula is C35H39NO6Si. The number of ether oxygens (including phenoxy) is 1. The van der Waals surface area contributed by atoms with Crippen molar-refractivity contribution in [3.8, 4) is 22.6 Å². The largest absolute Gasteiger partial charge is 0.508 e. The fourth-order valence-electron chi connectivity index (χ4n) is 6.15. The summed E-state index contributed by atoms with van der Waals surface area (Å²) in [5, 5.41) is 12.9. The molecule has 7 nitrogen and oxygen atoms in total. The maximum Gasteiger partial charge on any atom is 0.500 e. The van der Waals surface area contributed by atoms with Gasteiger partial charge >= 0.3 is 14.9 Å². The SMILES string of the molecule is CCO[Si](CCCNC(=O)Oc1ccc(C2(c3ccc(O)cc3)c3ccccc3-c3ccccc32)cc1)(OCC)OCC. The van der Waals surface area contributed by atoms with Crippen LogP contribution < -0.4 is 10.1 Å². The molecule has 0 unspecified atom stereocenters. The zero-order valence-corrected chi connectivity index (χ0v) is 26.0. The Kier molecular flexibility index (Phi) is 9.62. The summed E-state index contributed by atoms with van der Waals surface area (Å²) in [5.41, 5.74) is 6.16. The van der Waals surface area contributed by atoms with E-state index in [4.69, 9.17) is 18.0 Å². The average molecular weight is 598 g/mol. The number of hydrogen-bond acceptors (Lipinski definition) is 6. The molecule has 8 heteroatoms. The summed E-state index contributed by atoms with van der Waals surface area (Å²) in [7, 11) is -2.76. The molecular weight excluding hydrogens is 558 g/mol. The fourth-order valence-corrected chi connectivity index (χ4v) is 8.76. The van der Waals surface area contributed by atoms with Crippen molar-refractivity contribution in [2.24, 2.45) is 0 Å². The van der Waals surface area contributed by atoms with Crippen molar-refractivity contribution in [3.05, 3.63) is 119 Å². The van der Waals surface area contributed by atoms with Crippen LogP contribution in [-0.4, -0.2) is 46.4 Å². The molecule has 0 saturated heterocycles. The number of amides is 1. The summed E-state index contributed by atoms with van der Waals surface area (Å²) in [6.07, 6.45) is 0.128. The Morgan fingerprint density at radius 3 is 1.72 bits per heavy atom. The molecule has 2 N–H and O–H groups in total. The van der Waals surface area contributed by atoms with Gasteiger partial charge < -0.3 is 28.4 Å². The van der Waals surface area contributed by atoms with E-state index in [1.807, 2.05) is 57.2 Å². The van der Waals surface area contributed by atoms with Gasteiger partial charge in [0, 0.05) is 32.4 Å². The van der Waals surface area contributed by atoms with Gasteiger partial charge in [-0.05, 0) is 84.8 Å². The van der Waals surface area contributed by atoms with Gasteiger partial charge in [-0.15, -0.1) is 0 Å². The summed E-state index contributed by atoms with van der Waals surface area (Å²) in [5.74, 6) is 0.665. The number of carbonyl (C=O) groups is 1. The normalized spacial score (nSPS) is 13.3. The minimum absolute atomic E-state index is 0.218. The maximum absolute atomic E-state index is 12.7. The smallest absolute Gasteiger partial charge is 0.500 e. The number of carbonyl (C=O) groups excluding carboxylic acids is 1. The third kappa shape index (κ3) is 6.10. The van der Waals surface area contributed by atoms with E-state index in [1.165, 1.54) is 22.3 Å². The Morgan fingerprint density at radius 1 is 0.721 bits per heavy atom. The van der Waals surface area contributed by atoms with E-state index in [0.717, 1.165) is 11.1 Å². The Balaban J connectivity index is 1.35. The summed E-state index contributed by atoms with van der Waals surface area (Å²) in [6.45, 7) is 7.75. The topological polar surface area (TPSA) is 86.3 Å². The third-order valence-electron chi connectivity index (χ3n) is 7.77. The van der Waals surface area contributed by atoms with Gasteiger partial charge in [-0.2, -0.15) is 0 Å². The van der Waals surface area contributed by atoms with Gasteiger partial charge in [0.2, 0.25) is 0 Å². The number of aromatic hydroxyl groups is 1. The lowest BCUT2D eigenvalue weighted by atomic mass is 9.68. The summed E-state index contributed by atoms with van der Waals surface area (Å²) in [4.78, 5) is 12.7. The highest BCUT2D eigenvalue weighted by molar-refractivity contribution is 6.60. The molecule has 4 aromatic rings. The lowest BCUT2D eigenvalue weighted by molar-refractivity contribution is 0.0708. The summed E-state index contributed by atoms with van der Waals surface area (Å²) >= 11 is 0. The molecule has 1 aliphatic carbocycles. The van der Waals surface area contributed by atoms with Crippen LogP contribution in [0, 0.1) is 0 Å². The van der Waals surface area contributed by atoms with Crippen LogP contribution in [0.2, 0.25) is 6.04 Å². The van der Waals surface area contributed by atoms with E-state index in [2.05, 4.69) is 53.8 Å². The number of hydrogen-bond donors (Lipinski definition) is 2. The van der Waals surface area contributed by atoms with Gasteiger partial charge in [-0.1, -0.05) is 72.8 Å². The number of nitrogens with one attached hydrogen (secondary N) is 1. The molecule has 0 saturated carbocycles. The third-order valence-corrected chi connectivity index (χ3v) is 10.9. The first-order chi connectivity index (χ1) is 21.0. The number of phenolic OH excluding ortho intramolecular Hbond substituents is 1. The van der Waals surface area contributed by atoms with Gasteiger partial charge in [0.1, 0.15) is 11.5 Å². The van der Waals surface area contributed by atoms with Gasteiger partial charge in [0.05, 0.1) is 5.41 Å². The van der Waals surface area contributed by atoms with Crippen LogP contribution in [0.15, 0.2) is 97.1 Å². The van der Waals surface area contributed by atoms with E-state index in [9.17, 15) is 9.90 Å². The average Bonchev–Trinajstić information content (AvgIpc) is 3.32. The Labute approximate surface area is 254 Å². The number of benzene rings is 4. The highest BCUT2D eigenvalue weighted by Crippen LogP contribution is 2.56. The van der Waals surface area contributed by atoms with E-state index in [-0.39, 0.29) is 5.75 Å². The quantitative estimate of drug-likeness (QED) is 0.110. The number of phenols is 1. The molecule has 0 atom stereocenters. The van der Waals surface area contributed by atoms with Gasteiger partial charge in [0.15, 0.2) is 0 Å². The van der Waals surface area contributed by atoms with E-state index >= 15 is 0 Å². The molecule has 4 aromatic carbocycles. The van der Waals surface area contributed by atoms with E-state index in [0.29, 0.717) is 44.6 Å². The maximum atomic E-state index is 12.7. The first kappa shape index (κ1) is 30.5. The van der Waals surface area contributed by atoms with Crippen molar-refractivity contribution in [1.82, 2.24) is 5.32 Å². The minimum atomic E-state index is -2.76. The summed E-state index contributed by atoms with van der Waals surface area (Å²) < 4.78 is 23.3. The second-order valence-electron chi connectivity index (χ2n) is 10.3. The highest BCUT2D eigenvalue weighted by atomic mass is 28.4. The van der Waals surface area contributed by atoms with Gasteiger partial charge in [0.25, 0.3) is 0 Å². The van der Waals surface area contributed by atoms with Crippen LogP contribution in [0.25, 0.3) is 11.1 Å². The molecule has 0 bridgehead atoms. The lowest BCUT2D eigenvalue weighted by Gasteiger charge is -2.34. The van der Waals surface area contributed by atoms with Gasteiger partial charge in [-0.3, -0.25) is 0 Å². The summed E-state index contributed by atoms with van der Waals surface area (Å²) in [6, 6.07) is 32.6. The van der Waals surface area contributed by atoms with Crippen molar-refractivity contribution in [3.63, 3.8) is 0 Å². The molecule has 1 amide bonds. The van der Waals surface area contributed by atoms with Gasteiger partial charge in [-0.25, -0.2) is 4.79 Å². The van der Waals surface area contributed by atoms with Crippen LogP contribution in [0.3, 0.4) is 0 Å². The second-order valence-corrected chi connectivity index (χ2v) is 13.0. The van der Waals surface area contributed by atoms with Crippen LogP contribution in [0.4, 0.5) is 4.79 Å². The molecule has 0 aliphatic heterocycles. The van der Waals surface area contributed by atoms with Crippen molar-refractivity contribution in [2.75, 3.05) is 26.4 Å². The first-order valence-electron chi connectivity index (χ1n) is 14.9. The highest BCUT2D eigenvalue weighted by Gasteiger charge is 2.46. The molecule has 0 radical (unpaired) electrons. The lowest BCUT2D eigenvalue weighted by Crippen LogP contribution is -2.46. The van der Waals surface area contributed by atoms with Crippen LogP contribution in [0.5, 0.6) is 11.5 Å². The molecule has 5 rings (SSSR count). The number of fused-ring (bicyclic) bond motifs is 3. The molecule has 0 heterocycles. The predicted octanol–water partition coefficient (Wildman–Crippen LogP) is 7.28. The fraction of sp³-hybridized carbons (Fsp3) is 0.286. The van der Waals surface area contributed by atoms with Crippen LogP contribution in [-0.2, 0) is 18.7 Å². The minimum Gasteiger partial charge on any atom is -0.508 e. The van der Waals surface area contributed by atoms with Crippen molar-refractivity contribution in [2.45, 2.75) is 38.7 Å². The standard InChI is InChI=1S/C35H39NO6Si/c1-4-39-43(40-5-2,41-6-3)25-11-24-36-34(38)42-29-22-18-27(19-23-29)35(26-16-20-28(37)21-17-26)32-14-9-7-12-30(32)31-13-8-10-15-33(31)35/h7-10,12-23,37H,4-6,11,24-25H2,1-3H3,(H,36,38). The van der Waals surface area contributed by atoms with E-state index in [1.54, 1.807) is 12.1 Å². The second kappa shape index (κ2) is 13.6. The number of rotatable bonds is 13. The molecule has 1 aliphatic rings. The monoisotopic (exact) mass is 597 g/mol.